The fourth-order valence-electron chi connectivity index (χ4n) is 2.52. The molecule has 1 fully saturated rings. The Balaban J connectivity index is 2.08. The van der Waals surface area contributed by atoms with E-state index in [0.717, 1.165) is 5.75 Å². The quantitative estimate of drug-likeness (QED) is 0.922. The summed E-state index contributed by atoms with van der Waals surface area (Å²) in [4.78, 5) is 7.41. The smallest absolute Gasteiger partial charge is 0.245 e. The van der Waals surface area contributed by atoms with Crippen LogP contribution >= 0.6 is 11.8 Å². The van der Waals surface area contributed by atoms with Crippen molar-refractivity contribution in [3.8, 4) is 0 Å². The number of H-pyrrole nitrogens is 1. The summed E-state index contributed by atoms with van der Waals surface area (Å²) in [6.45, 7) is 4.61. The number of hydrogen-bond acceptors (Lipinski definition) is 4. The molecule has 20 heavy (non-hydrogen) atoms. The van der Waals surface area contributed by atoms with Crippen LogP contribution in [0.2, 0.25) is 0 Å². The number of nitrogens with one attached hydrogen (secondary N) is 1. The van der Waals surface area contributed by atoms with E-state index in [1.54, 1.807) is 28.8 Å². The van der Waals surface area contributed by atoms with Crippen LogP contribution in [0, 0.1) is 0 Å². The van der Waals surface area contributed by atoms with E-state index in [1.165, 1.54) is 0 Å². The fourth-order valence-corrected chi connectivity index (χ4v) is 5.66. The van der Waals surface area contributed by atoms with Gasteiger partial charge in [0, 0.05) is 41.4 Å². The highest BCUT2D eigenvalue weighted by Gasteiger charge is 2.36. The molecule has 7 heteroatoms. The van der Waals surface area contributed by atoms with E-state index in [4.69, 9.17) is 0 Å². The SMILES string of the molecule is C[C@@H]1SCCN(S(=O)(=O)c2c[nH]c3ncccc23)[C@H]1C. The lowest BCUT2D eigenvalue weighted by molar-refractivity contribution is 0.340. The van der Waals surface area contributed by atoms with Gasteiger partial charge in [0.05, 0.1) is 0 Å². The monoisotopic (exact) mass is 311 g/mol. The maximum atomic E-state index is 12.9. The van der Waals surface area contributed by atoms with E-state index in [2.05, 4.69) is 16.9 Å². The molecule has 0 spiro atoms. The van der Waals surface area contributed by atoms with Crippen LogP contribution in [0.15, 0.2) is 29.4 Å². The van der Waals surface area contributed by atoms with Crippen LogP contribution in [0.5, 0.6) is 0 Å². The molecule has 3 heterocycles. The van der Waals surface area contributed by atoms with Crippen molar-refractivity contribution in [1.29, 1.82) is 0 Å². The molecule has 2 atom stereocenters. The molecule has 0 saturated carbocycles. The first kappa shape index (κ1) is 13.9. The topological polar surface area (TPSA) is 66.1 Å². The van der Waals surface area contributed by atoms with Gasteiger partial charge in [-0.1, -0.05) is 6.92 Å². The molecule has 0 aliphatic carbocycles. The Morgan fingerprint density at radius 2 is 2.25 bits per heavy atom. The normalized spacial score (nSPS) is 25.1. The van der Waals surface area contributed by atoms with Gasteiger partial charge in [-0.15, -0.1) is 0 Å². The first-order chi connectivity index (χ1) is 9.51. The molecule has 1 saturated heterocycles. The number of hydrogen-bond donors (Lipinski definition) is 1. The maximum absolute atomic E-state index is 12.9. The number of sulfonamides is 1. The van der Waals surface area contributed by atoms with Crippen LogP contribution in [0.4, 0.5) is 0 Å². The zero-order chi connectivity index (χ0) is 14.3. The van der Waals surface area contributed by atoms with E-state index >= 15 is 0 Å². The fraction of sp³-hybridized carbons (Fsp3) is 0.462. The van der Waals surface area contributed by atoms with Crippen LogP contribution in [-0.2, 0) is 10.0 Å². The summed E-state index contributed by atoms with van der Waals surface area (Å²) in [5, 5.41) is 0.965. The standard InChI is InChI=1S/C13H17N3O2S2/c1-9-10(2)19-7-6-16(9)20(17,18)12-8-15-13-11(12)4-3-5-14-13/h3-5,8-10H,6-7H2,1-2H3,(H,14,15)/t9-,10-/m0/s1. The molecule has 3 rings (SSSR count). The van der Waals surface area contributed by atoms with E-state index < -0.39 is 10.0 Å². The van der Waals surface area contributed by atoms with Gasteiger partial charge in [0.15, 0.2) is 0 Å². The summed E-state index contributed by atoms with van der Waals surface area (Å²) in [5.41, 5.74) is 0.609. The number of aromatic nitrogens is 2. The molecule has 0 aromatic carbocycles. The predicted octanol–water partition coefficient (Wildman–Crippen LogP) is 2.08. The maximum Gasteiger partial charge on any atom is 0.245 e. The van der Waals surface area contributed by atoms with Crippen LogP contribution < -0.4 is 0 Å². The van der Waals surface area contributed by atoms with Crippen LogP contribution in [0.1, 0.15) is 13.8 Å². The Morgan fingerprint density at radius 3 is 3.05 bits per heavy atom. The van der Waals surface area contributed by atoms with Crippen molar-refractivity contribution in [1.82, 2.24) is 14.3 Å². The van der Waals surface area contributed by atoms with E-state index in [-0.39, 0.29) is 6.04 Å². The Morgan fingerprint density at radius 1 is 1.45 bits per heavy atom. The lowest BCUT2D eigenvalue weighted by atomic mass is 10.2. The lowest BCUT2D eigenvalue weighted by Crippen LogP contribution is -2.47. The summed E-state index contributed by atoms with van der Waals surface area (Å²) in [5.74, 6) is 0.839. The molecule has 0 amide bonds. The van der Waals surface area contributed by atoms with Crippen molar-refractivity contribution in [2.75, 3.05) is 12.3 Å². The average Bonchev–Trinajstić information content (AvgIpc) is 2.86. The van der Waals surface area contributed by atoms with Gasteiger partial charge in [0.25, 0.3) is 0 Å². The van der Waals surface area contributed by atoms with Crippen molar-refractivity contribution in [3.63, 3.8) is 0 Å². The predicted molar refractivity (Wildman–Crippen MR) is 81.4 cm³/mol. The minimum absolute atomic E-state index is 0.000344. The third-order valence-electron chi connectivity index (χ3n) is 3.83. The molecule has 108 valence electrons. The molecule has 1 N–H and O–H groups in total. The number of nitrogens with zero attached hydrogens (tertiary/aromatic N) is 2. The number of aromatic amines is 1. The molecule has 0 bridgehead atoms. The van der Waals surface area contributed by atoms with Gasteiger partial charge >= 0.3 is 0 Å². The Hall–Kier alpha value is -1.05. The Labute approximate surface area is 122 Å². The van der Waals surface area contributed by atoms with Crippen molar-refractivity contribution in [3.05, 3.63) is 24.5 Å². The van der Waals surface area contributed by atoms with Gasteiger partial charge < -0.3 is 4.98 Å². The van der Waals surface area contributed by atoms with Crippen LogP contribution in [0.3, 0.4) is 0 Å². The Bertz CT molecular complexity index is 726. The number of thioether (sulfide) groups is 1. The van der Waals surface area contributed by atoms with Gasteiger partial charge in [0.1, 0.15) is 10.5 Å². The van der Waals surface area contributed by atoms with E-state index in [0.29, 0.717) is 27.7 Å². The second-order valence-corrected chi connectivity index (χ2v) is 8.33. The number of rotatable bonds is 2. The molecule has 2 aromatic heterocycles. The summed E-state index contributed by atoms with van der Waals surface area (Å²) in [7, 11) is -3.48. The van der Waals surface area contributed by atoms with Gasteiger partial charge in [-0.05, 0) is 19.1 Å². The van der Waals surface area contributed by atoms with Crippen molar-refractivity contribution in [2.45, 2.75) is 30.0 Å². The lowest BCUT2D eigenvalue weighted by Gasteiger charge is -2.36. The molecule has 5 nitrogen and oxygen atoms in total. The molecule has 1 aliphatic heterocycles. The third-order valence-corrected chi connectivity index (χ3v) is 7.19. The molecular weight excluding hydrogens is 294 g/mol. The number of pyridine rings is 1. The van der Waals surface area contributed by atoms with Gasteiger partial charge in [-0.3, -0.25) is 0 Å². The Kier molecular flexibility index (Phi) is 3.51. The van der Waals surface area contributed by atoms with Crippen molar-refractivity contribution >= 4 is 32.8 Å². The zero-order valence-corrected chi connectivity index (χ0v) is 13.0. The summed E-state index contributed by atoms with van der Waals surface area (Å²) in [6, 6.07) is 3.55. The first-order valence-corrected chi connectivity index (χ1v) is 9.06. The highest BCUT2D eigenvalue weighted by molar-refractivity contribution is 8.00. The largest absolute Gasteiger partial charge is 0.345 e. The minimum atomic E-state index is -3.48. The molecular formula is C13H17N3O2S2. The first-order valence-electron chi connectivity index (χ1n) is 6.57. The number of fused-ring (bicyclic) bond motifs is 1. The molecule has 1 aliphatic rings. The molecule has 2 aromatic rings. The van der Waals surface area contributed by atoms with Gasteiger partial charge in [0.2, 0.25) is 10.0 Å². The highest BCUT2D eigenvalue weighted by Crippen LogP contribution is 2.31. The average molecular weight is 311 g/mol. The zero-order valence-electron chi connectivity index (χ0n) is 11.4. The molecule has 0 radical (unpaired) electrons. The summed E-state index contributed by atoms with van der Waals surface area (Å²) < 4.78 is 27.4. The second kappa shape index (κ2) is 5.05. The van der Waals surface area contributed by atoms with Crippen LogP contribution in [-0.4, -0.2) is 46.3 Å². The summed E-state index contributed by atoms with van der Waals surface area (Å²) in [6.07, 6.45) is 3.20. The third kappa shape index (κ3) is 2.13. The van der Waals surface area contributed by atoms with E-state index in [1.807, 2.05) is 18.7 Å². The summed E-state index contributed by atoms with van der Waals surface area (Å²) >= 11 is 1.82. The van der Waals surface area contributed by atoms with Gasteiger partial charge in [-0.2, -0.15) is 16.1 Å². The van der Waals surface area contributed by atoms with Crippen molar-refractivity contribution < 1.29 is 8.42 Å². The van der Waals surface area contributed by atoms with Crippen LogP contribution in [0.25, 0.3) is 11.0 Å². The van der Waals surface area contributed by atoms with Gasteiger partial charge in [-0.25, -0.2) is 13.4 Å². The van der Waals surface area contributed by atoms with Crippen molar-refractivity contribution in [2.24, 2.45) is 0 Å². The van der Waals surface area contributed by atoms with E-state index in [9.17, 15) is 8.42 Å². The second-order valence-electron chi connectivity index (χ2n) is 4.98. The minimum Gasteiger partial charge on any atom is -0.345 e. The highest BCUT2D eigenvalue weighted by atomic mass is 32.2. The molecule has 0 unspecified atom stereocenters.